The van der Waals surface area contributed by atoms with E-state index in [9.17, 15) is 5.11 Å². The molecule has 0 aliphatic carbocycles. The van der Waals surface area contributed by atoms with Gasteiger partial charge in [0, 0.05) is 31.7 Å². The average molecular weight is 341 g/mol. The minimum absolute atomic E-state index is 0. The molecule has 1 aliphatic rings. The lowest BCUT2D eigenvalue weighted by atomic mass is 9.96. The van der Waals surface area contributed by atoms with E-state index in [2.05, 4.69) is 28.9 Å². The summed E-state index contributed by atoms with van der Waals surface area (Å²) in [5, 5.41) is 16.0. The number of benzene rings is 2. The molecule has 3 rings (SSSR count). The third kappa shape index (κ3) is 3.55. The number of rotatable bonds is 3. The lowest BCUT2D eigenvalue weighted by Gasteiger charge is -2.34. The van der Waals surface area contributed by atoms with E-state index in [0.717, 1.165) is 42.5 Å². The second-order valence-corrected chi connectivity index (χ2v) is 5.19. The molecular formula is C17H22Cl2N2O. The Hall–Kier alpha value is -1.26. The van der Waals surface area contributed by atoms with Crippen molar-refractivity contribution in [3.8, 4) is 5.75 Å². The zero-order chi connectivity index (χ0) is 13.9. The first-order valence-electron chi connectivity index (χ1n) is 7.09. The van der Waals surface area contributed by atoms with E-state index in [4.69, 9.17) is 0 Å². The van der Waals surface area contributed by atoms with Crippen molar-refractivity contribution in [3.05, 3.63) is 54.6 Å². The molecule has 0 unspecified atom stereocenters. The molecule has 2 aromatic carbocycles. The lowest BCUT2D eigenvalue weighted by Crippen LogP contribution is -2.44. The second-order valence-electron chi connectivity index (χ2n) is 5.19. The van der Waals surface area contributed by atoms with E-state index in [1.165, 1.54) is 0 Å². The molecule has 5 heteroatoms. The Labute approximate surface area is 143 Å². The van der Waals surface area contributed by atoms with Crippen molar-refractivity contribution in [3.63, 3.8) is 0 Å². The molecule has 0 aromatic heterocycles. The zero-order valence-corrected chi connectivity index (χ0v) is 14.0. The van der Waals surface area contributed by atoms with Crippen LogP contribution in [-0.2, 0) is 0 Å². The number of hydrogen-bond acceptors (Lipinski definition) is 3. The van der Waals surface area contributed by atoms with Crippen LogP contribution in [0.5, 0.6) is 5.75 Å². The van der Waals surface area contributed by atoms with Gasteiger partial charge in [0.2, 0.25) is 0 Å². The summed E-state index contributed by atoms with van der Waals surface area (Å²) in [6, 6.07) is 12.0. The maximum Gasteiger partial charge on any atom is 0.121 e. The summed E-state index contributed by atoms with van der Waals surface area (Å²) in [7, 11) is 0. The van der Waals surface area contributed by atoms with Crippen LogP contribution < -0.4 is 5.32 Å². The summed E-state index contributed by atoms with van der Waals surface area (Å²) in [5.74, 6) is 0.354. The van der Waals surface area contributed by atoms with E-state index in [-0.39, 0.29) is 30.9 Å². The predicted octanol–water partition coefficient (Wildman–Crippen LogP) is 3.52. The number of phenols is 1. The van der Waals surface area contributed by atoms with Crippen molar-refractivity contribution in [2.75, 3.05) is 26.2 Å². The molecule has 3 nitrogen and oxygen atoms in total. The van der Waals surface area contributed by atoms with Gasteiger partial charge in [0.25, 0.3) is 0 Å². The molecular weight excluding hydrogens is 319 g/mol. The molecule has 1 heterocycles. The highest BCUT2D eigenvalue weighted by Crippen LogP contribution is 2.36. The summed E-state index contributed by atoms with van der Waals surface area (Å²) in [5.41, 5.74) is 0.972. The standard InChI is InChI=1S/C17H20N2O.2ClH/c1-2-15(19-11-9-18-10-12-19)17-14-6-4-3-5-13(14)7-8-16(17)20;;/h2-8,15,18,20H,1,9-12H2;2*1H/t15-;;/m1../s1. The minimum atomic E-state index is 0. The summed E-state index contributed by atoms with van der Waals surface area (Å²) in [4.78, 5) is 2.37. The number of piperazine rings is 1. The highest BCUT2D eigenvalue weighted by Gasteiger charge is 2.23. The third-order valence-corrected chi connectivity index (χ3v) is 4.01. The predicted molar refractivity (Wildman–Crippen MR) is 97.5 cm³/mol. The van der Waals surface area contributed by atoms with Crippen LogP contribution in [0.2, 0.25) is 0 Å². The van der Waals surface area contributed by atoms with Crippen molar-refractivity contribution in [2.45, 2.75) is 6.04 Å². The number of aromatic hydroxyl groups is 1. The topological polar surface area (TPSA) is 35.5 Å². The number of nitrogens with zero attached hydrogens (tertiary/aromatic N) is 1. The van der Waals surface area contributed by atoms with Gasteiger partial charge < -0.3 is 10.4 Å². The van der Waals surface area contributed by atoms with Crippen LogP contribution in [0.25, 0.3) is 10.8 Å². The van der Waals surface area contributed by atoms with Gasteiger partial charge in [-0.25, -0.2) is 0 Å². The summed E-state index contributed by atoms with van der Waals surface area (Å²) in [6.07, 6.45) is 1.94. The molecule has 0 saturated carbocycles. The van der Waals surface area contributed by atoms with Gasteiger partial charge in [-0.05, 0) is 16.8 Å². The van der Waals surface area contributed by atoms with Gasteiger partial charge in [-0.2, -0.15) is 0 Å². The van der Waals surface area contributed by atoms with E-state index in [1.807, 2.05) is 24.3 Å². The fourth-order valence-corrected chi connectivity index (χ4v) is 3.00. The molecule has 1 saturated heterocycles. The summed E-state index contributed by atoms with van der Waals surface area (Å²) in [6.45, 7) is 7.89. The van der Waals surface area contributed by atoms with Crippen LogP contribution >= 0.6 is 24.8 Å². The van der Waals surface area contributed by atoms with Gasteiger partial charge >= 0.3 is 0 Å². The van der Waals surface area contributed by atoms with Crippen molar-refractivity contribution in [1.29, 1.82) is 0 Å². The summed E-state index contributed by atoms with van der Waals surface area (Å²) < 4.78 is 0. The molecule has 2 N–H and O–H groups in total. The number of phenolic OH excluding ortho intramolecular Hbond substituents is 1. The maximum absolute atomic E-state index is 10.4. The van der Waals surface area contributed by atoms with E-state index in [1.54, 1.807) is 6.07 Å². The fraction of sp³-hybridized carbons (Fsp3) is 0.294. The van der Waals surface area contributed by atoms with Crippen molar-refractivity contribution < 1.29 is 5.11 Å². The van der Waals surface area contributed by atoms with Crippen LogP contribution in [0.15, 0.2) is 49.1 Å². The Morgan fingerprint density at radius 1 is 1.09 bits per heavy atom. The molecule has 1 atom stereocenters. The SMILES string of the molecule is C=C[C@H](c1c(O)ccc2ccccc12)N1CCNCC1.Cl.Cl. The molecule has 0 radical (unpaired) electrons. The molecule has 0 spiro atoms. The molecule has 120 valence electrons. The van der Waals surface area contributed by atoms with Gasteiger partial charge in [0.15, 0.2) is 0 Å². The molecule has 1 fully saturated rings. The van der Waals surface area contributed by atoms with Crippen molar-refractivity contribution >= 4 is 35.6 Å². The fourth-order valence-electron chi connectivity index (χ4n) is 3.00. The number of halogens is 2. The molecule has 1 aliphatic heterocycles. The average Bonchev–Trinajstić information content (AvgIpc) is 2.51. The third-order valence-electron chi connectivity index (χ3n) is 4.01. The van der Waals surface area contributed by atoms with Gasteiger partial charge in [-0.15, -0.1) is 31.4 Å². The first kappa shape index (κ1) is 18.8. The van der Waals surface area contributed by atoms with Crippen LogP contribution in [-0.4, -0.2) is 36.2 Å². The van der Waals surface area contributed by atoms with Crippen LogP contribution in [0.4, 0.5) is 0 Å². The van der Waals surface area contributed by atoms with E-state index >= 15 is 0 Å². The summed E-state index contributed by atoms with van der Waals surface area (Å²) >= 11 is 0. The smallest absolute Gasteiger partial charge is 0.121 e. The largest absolute Gasteiger partial charge is 0.508 e. The van der Waals surface area contributed by atoms with E-state index < -0.39 is 0 Å². The monoisotopic (exact) mass is 340 g/mol. The minimum Gasteiger partial charge on any atom is -0.508 e. The quantitative estimate of drug-likeness (QED) is 0.839. The Morgan fingerprint density at radius 2 is 1.77 bits per heavy atom. The van der Waals surface area contributed by atoms with E-state index in [0.29, 0.717) is 5.75 Å². The van der Waals surface area contributed by atoms with Gasteiger partial charge in [-0.1, -0.05) is 36.4 Å². The highest BCUT2D eigenvalue weighted by atomic mass is 35.5. The normalized spacial score (nSPS) is 16.4. The second kappa shape index (κ2) is 8.39. The number of nitrogens with one attached hydrogen (secondary N) is 1. The lowest BCUT2D eigenvalue weighted by molar-refractivity contribution is 0.202. The first-order valence-corrected chi connectivity index (χ1v) is 7.09. The van der Waals surface area contributed by atoms with Crippen LogP contribution in [0.1, 0.15) is 11.6 Å². The van der Waals surface area contributed by atoms with Crippen LogP contribution in [0, 0.1) is 0 Å². The number of fused-ring (bicyclic) bond motifs is 1. The Morgan fingerprint density at radius 3 is 2.45 bits per heavy atom. The van der Waals surface area contributed by atoms with Crippen molar-refractivity contribution in [2.24, 2.45) is 0 Å². The first-order chi connectivity index (χ1) is 9.81. The molecule has 2 aromatic rings. The zero-order valence-electron chi connectivity index (χ0n) is 12.4. The Bertz CT molecular complexity index is 627. The van der Waals surface area contributed by atoms with Crippen LogP contribution in [0.3, 0.4) is 0 Å². The van der Waals surface area contributed by atoms with Crippen molar-refractivity contribution in [1.82, 2.24) is 10.2 Å². The highest BCUT2D eigenvalue weighted by molar-refractivity contribution is 5.88. The Kier molecular flexibility index (Phi) is 7.17. The van der Waals surface area contributed by atoms with Gasteiger partial charge in [0.05, 0.1) is 6.04 Å². The Balaban J connectivity index is 0.00000121. The van der Waals surface area contributed by atoms with Gasteiger partial charge in [0.1, 0.15) is 5.75 Å². The molecule has 0 bridgehead atoms. The number of hydrogen-bond donors (Lipinski definition) is 2. The molecule has 22 heavy (non-hydrogen) atoms. The van der Waals surface area contributed by atoms with Gasteiger partial charge in [-0.3, -0.25) is 4.90 Å². The molecule has 0 amide bonds. The maximum atomic E-state index is 10.4.